The smallest absolute Gasteiger partial charge is 0.332 e. The average Bonchev–Trinajstić information content (AvgIpc) is 3.10. The number of hydrogen-bond acceptors (Lipinski definition) is 6. The van der Waals surface area contributed by atoms with Crippen LogP contribution < -0.4 is 11.2 Å². The molecular formula is C14H12N4OS3. The number of fused-ring (bicyclic) bond motifs is 1. The average molecular weight is 348 g/mol. The van der Waals surface area contributed by atoms with Gasteiger partial charge in [0.05, 0.1) is 16.4 Å². The van der Waals surface area contributed by atoms with Crippen molar-refractivity contribution in [2.45, 2.75) is 10.1 Å². The van der Waals surface area contributed by atoms with Crippen LogP contribution in [0.5, 0.6) is 0 Å². The van der Waals surface area contributed by atoms with Crippen LogP contribution in [0.3, 0.4) is 0 Å². The minimum atomic E-state index is -0.667. The molecule has 22 heavy (non-hydrogen) atoms. The van der Waals surface area contributed by atoms with Crippen LogP contribution in [0.4, 0.5) is 4.79 Å². The number of thiophene rings is 1. The van der Waals surface area contributed by atoms with E-state index in [-0.39, 0.29) is 0 Å². The number of primary amides is 1. The van der Waals surface area contributed by atoms with E-state index in [9.17, 15) is 4.79 Å². The number of carbonyl (C=O) groups is 1. The third-order valence-electron chi connectivity index (χ3n) is 2.68. The number of rotatable bonds is 5. The van der Waals surface area contributed by atoms with Gasteiger partial charge in [-0.2, -0.15) is 5.10 Å². The molecule has 3 rings (SSSR count). The van der Waals surface area contributed by atoms with E-state index >= 15 is 0 Å². The molecule has 0 spiro atoms. The zero-order valence-electron chi connectivity index (χ0n) is 11.4. The van der Waals surface area contributed by atoms with Crippen molar-refractivity contribution in [3.05, 3.63) is 46.2 Å². The van der Waals surface area contributed by atoms with E-state index in [0.29, 0.717) is 0 Å². The van der Waals surface area contributed by atoms with E-state index in [1.165, 1.54) is 10.3 Å². The first-order valence-electron chi connectivity index (χ1n) is 6.35. The molecule has 0 aliphatic heterocycles. The topological polar surface area (TPSA) is 80.4 Å². The maximum atomic E-state index is 10.5. The number of amides is 2. The quantitative estimate of drug-likeness (QED) is 0.419. The van der Waals surface area contributed by atoms with E-state index in [4.69, 9.17) is 5.73 Å². The van der Waals surface area contributed by atoms with Crippen molar-refractivity contribution < 1.29 is 4.79 Å². The Kier molecular flexibility index (Phi) is 4.71. The van der Waals surface area contributed by atoms with Gasteiger partial charge in [-0.15, -0.1) is 22.7 Å². The Morgan fingerprint density at radius 2 is 2.32 bits per heavy atom. The first-order valence-corrected chi connectivity index (χ1v) is 9.03. The minimum Gasteiger partial charge on any atom is -0.350 e. The highest BCUT2D eigenvalue weighted by molar-refractivity contribution is 8.00. The van der Waals surface area contributed by atoms with Gasteiger partial charge in [0.25, 0.3) is 0 Å². The van der Waals surface area contributed by atoms with E-state index < -0.39 is 6.03 Å². The van der Waals surface area contributed by atoms with E-state index in [0.717, 1.165) is 20.5 Å². The molecule has 0 saturated heterocycles. The van der Waals surface area contributed by atoms with Gasteiger partial charge in [0.1, 0.15) is 0 Å². The highest BCUT2D eigenvalue weighted by Gasteiger charge is 2.05. The van der Waals surface area contributed by atoms with Crippen LogP contribution >= 0.6 is 34.4 Å². The number of nitrogens with one attached hydrogen (secondary N) is 1. The SMILES string of the molecule is NC(=O)N/N=C/c1cc(CSc2nc3ccccc3s2)cs1. The molecule has 0 aliphatic carbocycles. The maximum Gasteiger partial charge on any atom is 0.332 e. The van der Waals surface area contributed by atoms with Crippen LogP contribution in [0.1, 0.15) is 10.4 Å². The third kappa shape index (κ3) is 3.85. The first-order chi connectivity index (χ1) is 10.7. The number of carbonyl (C=O) groups excluding carboxylic acids is 1. The molecule has 2 aromatic heterocycles. The highest BCUT2D eigenvalue weighted by atomic mass is 32.2. The molecule has 0 unspecified atom stereocenters. The molecule has 0 saturated carbocycles. The van der Waals surface area contributed by atoms with Gasteiger partial charge in [-0.25, -0.2) is 15.2 Å². The van der Waals surface area contributed by atoms with Gasteiger partial charge in [-0.05, 0) is 29.1 Å². The summed E-state index contributed by atoms with van der Waals surface area (Å²) in [6.07, 6.45) is 1.58. The van der Waals surface area contributed by atoms with Gasteiger partial charge in [0.15, 0.2) is 4.34 Å². The van der Waals surface area contributed by atoms with Crippen molar-refractivity contribution in [1.82, 2.24) is 10.4 Å². The molecule has 0 bridgehead atoms. The summed E-state index contributed by atoms with van der Waals surface area (Å²) in [6.45, 7) is 0. The zero-order valence-corrected chi connectivity index (χ0v) is 13.8. The van der Waals surface area contributed by atoms with Crippen LogP contribution in [-0.2, 0) is 5.75 Å². The second-order valence-electron chi connectivity index (χ2n) is 4.33. The van der Waals surface area contributed by atoms with Gasteiger partial charge in [0, 0.05) is 10.6 Å². The number of urea groups is 1. The van der Waals surface area contributed by atoms with E-state index in [1.807, 2.05) is 24.3 Å². The number of benzene rings is 1. The molecule has 0 atom stereocenters. The molecule has 0 fully saturated rings. The molecule has 112 valence electrons. The number of para-hydroxylation sites is 1. The highest BCUT2D eigenvalue weighted by Crippen LogP contribution is 2.32. The summed E-state index contributed by atoms with van der Waals surface area (Å²) in [5.74, 6) is 0.855. The van der Waals surface area contributed by atoms with Crippen LogP contribution in [0.15, 0.2) is 45.2 Å². The van der Waals surface area contributed by atoms with Crippen molar-refractivity contribution in [3.63, 3.8) is 0 Å². The number of thioether (sulfide) groups is 1. The van der Waals surface area contributed by atoms with Crippen molar-refractivity contribution in [2.75, 3.05) is 0 Å². The minimum absolute atomic E-state index is 0.667. The standard InChI is InChI=1S/C14H12N4OS3/c15-13(19)18-16-6-10-5-9(7-20-10)8-21-14-17-11-3-1-2-4-12(11)22-14/h1-7H,8H2,(H3,15,18,19)/b16-6+. The van der Waals surface area contributed by atoms with Crippen LogP contribution in [-0.4, -0.2) is 17.2 Å². The Hall–Kier alpha value is -1.90. The Morgan fingerprint density at radius 1 is 1.45 bits per heavy atom. The number of thiazole rings is 1. The van der Waals surface area contributed by atoms with E-state index in [2.05, 4.69) is 27.0 Å². The molecule has 1 aromatic carbocycles. The summed E-state index contributed by atoms with van der Waals surface area (Å²) in [5.41, 5.74) is 9.36. The lowest BCUT2D eigenvalue weighted by molar-refractivity contribution is 0.249. The van der Waals surface area contributed by atoms with Gasteiger partial charge in [-0.3, -0.25) is 0 Å². The monoisotopic (exact) mass is 348 g/mol. The van der Waals surface area contributed by atoms with Gasteiger partial charge in [-0.1, -0.05) is 23.9 Å². The van der Waals surface area contributed by atoms with Crippen molar-refractivity contribution in [3.8, 4) is 0 Å². The summed E-state index contributed by atoms with van der Waals surface area (Å²) in [6, 6.07) is 9.51. The van der Waals surface area contributed by atoms with Crippen molar-refractivity contribution in [2.24, 2.45) is 10.8 Å². The lowest BCUT2D eigenvalue weighted by Crippen LogP contribution is -2.24. The number of hydrogen-bond donors (Lipinski definition) is 2. The Labute approximate surface area is 139 Å². The molecule has 8 heteroatoms. The fourth-order valence-electron chi connectivity index (χ4n) is 1.76. The lowest BCUT2D eigenvalue weighted by atomic mass is 10.3. The van der Waals surface area contributed by atoms with Crippen molar-refractivity contribution >= 4 is 56.9 Å². The maximum absolute atomic E-state index is 10.5. The van der Waals surface area contributed by atoms with Gasteiger partial charge >= 0.3 is 6.03 Å². The normalized spacial score (nSPS) is 11.3. The number of aromatic nitrogens is 1. The molecule has 2 amide bonds. The fraction of sp³-hybridized carbons (Fsp3) is 0.0714. The second kappa shape index (κ2) is 6.91. The molecule has 0 radical (unpaired) electrons. The van der Waals surface area contributed by atoms with Crippen LogP contribution in [0.25, 0.3) is 10.2 Å². The summed E-state index contributed by atoms with van der Waals surface area (Å²) < 4.78 is 2.28. The molecule has 3 N–H and O–H groups in total. The summed E-state index contributed by atoms with van der Waals surface area (Å²) in [4.78, 5) is 16.1. The Morgan fingerprint density at radius 3 is 3.14 bits per heavy atom. The number of nitrogens with zero attached hydrogens (tertiary/aromatic N) is 2. The Balaban J connectivity index is 1.60. The largest absolute Gasteiger partial charge is 0.350 e. The second-order valence-corrected chi connectivity index (χ2v) is 7.52. The lowest BCUT2D eigenvalue weighted by Gasteiger charge is -1.93. The molecule has 0 aliphatic rings. The van der Waals surface area contributed by atoms with Crippen molar-refractivity contribution in [1.29, 1.82) is 0 Å². The van der Waals surface area contributed by atoms with Crippen LogP contribution in [0, 0.1) is 0 Å². The molecule has 5 nitrogen and oxygen atoms in total. The predicted molar refractivity (Wildman–Crippen MR) is 93.8 cm³/mol. The van der Waals surface area contributed by atoms with E-state index in [1.54, 1.807) is 40.7 Å². The molecular weight excluding hydrogens is 336 g/mol. The summed E-state index contributed by atoms with van der Waals surface area (Å²) in [7, 11) is 0. The Bertz CT molecular complexity index is 791. The third-order valence-corrected chi connectivity index (χ3v) is 5.84. The molecule has 2 heterocycles. The van der Waals surface area contributed by atoms with Gasteiger partial charge < -0.3 is 5.73 Å². The number of hydrazone groups is 1. The van der Waals surface area contributed by atoms with Gasteiger partial charge in [0.2, 0.25) is 0 Å². The van der Waals surface area contributed by atoms with Crippen LogP contribution in [0.2, 0.25) is 0 Å². The first kappa shape index (κ1) is 15.0. The molecule has 3 aromatic rings. The predicted octanol–water partition coefficient (Wildman–Crippen LogP) is 3.65. The summed E-state index contributed by atoms with van der Waals surface area (Å²) >= 11 is 5.00. The summed E-state index contributed by atoms with van der Waals surface area (Å²) in [5, 5.41) is 5.82. The number of nitrogens with two attached hydrogens (primary N) is 1. The zero-order chi connectivity index (χ0) is 15.4. The fourth-order valence-corrected chi connectivity index (χ4v) is 4.63.